The molecule has 0 saturated carbocycles. The smallest absolute Gasteiger partial charge is 0.303 e. The number of aliphatic hydroxyl groups is 1. The van der Waals surface area contributed by atoms with Crippen LogP contribution in [0.3, 0.4) is 0 Å². The molecule has 0 radical (unpaired) electrons. The molecule has 7 nitrogen and oxygen atoms in total. The molecule has 1 amide bonds. The summed E-state index contributed by atoms with van der Waals surface area (Å²) in [4.78, 5) is 24.1. The zero-order valence-corrected chi connectivity index (χ0v) is 11.4. The Hall–Kier alpha value is -1.60. The first-order valence-electron chi connectivity index (χ1n) is 6.24. The third-order valence-electron chi connectivity index (χ3n) is 3.31. The van der Waals surface area contributed by atoms with Crippen LogP contribution in [0.2, 0.25) is 5.15 Å². The number of hydrogen-bond donors (Lipinski definition) is 2. The van der Waals surface area contributed by atoms with E-state index < -0.39 is 18.0 Å². The van der Waals surface area contributed by atoms with E-state index in [0.29, 0.717) is 12.2 Å². The van der Waals surface area contributed by atoms with Gasteiger partial charge in [0.2, 0.25) is 5.91 Å². The topological polar surface area (TPSA) is 104 Å². The maximum atomic E-state index is 12.0. The number of aliphatic carboxylic acids is 1. The van der Waals surface area contributed by atoms with Gasteiger partial charge in [-0.2, -0.15) is 0 Å². The van der Waals surface area contributed by atoms with E-state index in [1.807, 2.05) is 0 Å². The maximum Gasteiger partial charge on any atom is 0.303 e. The van der Waals surface area contributed by atoms with Crippen LogP contribution in [0.25, 0.3) is 0 Å². The van der Waals surface area contributed by atoms with Gasteiger partial charge >= 0.3 is 5.97 Å². The number of carboxylic acid groups (broad SMARTS) is 1. The lowest BCUT2D eigenvalue weighted by Crippen LogP contribution is -2.29. The summed E-state index contributed by atoms with van der Waals surface area (Å²) < 4.78 is 4.89. The Labute approximate surface area is 120 Å². The lowest BCUT2D eigenvalue weighted by molar-refractivity contribution is -0.139. The summed E-state index contributed by atoms with van der Waals surface area (Å²) in [7, 11) is 0. The van der Waals surface area contributed by atoms with Crippen LogP contribution in [-0.2, 0) is 16.0 Å². The van der Waals surface area contributed by atoms with Gasteiger partial charge in [-0.3, -0.25) is 9.59 Å². The van der Waals surface area contributed by atoms with Gasteiger partial charge in [0.1, 0.15) is 5.76 Å². The fourth-order valence-corrected chi connectivity index (χ4v) is 2.43. The normalized spacial score (nSPS) is 22.2. The lowest BCUT2D eigenvalue weighted by atomic mass is 10.0. The quantitative estimate of drug-likeness (QED) is 0.823. The fourth-order valence-electron chi connectivity index (χ4n) is 2.28. The molecule has 1 aromatic rings. The molecule has 1 aliphatic rings. The molecule has 0 aliphatic carbocycles. The summed E-state index contributed by atoms with van der Waals surface area (Å²) in [5.41, 5.74) is 0. The Morgan fingerprint density at radius 3 is 2.85 bits per heavy atom. The molecule has 0 spiro atoms. The lowest BCUT2D eigenvalue weighted by Gasteiger charge is -2.15. The summed E-state index contributed by atoms with van der Waals surface area (Å²) >= 11 is 5.60. The second-order valence-corrected chi connectivity index (χ2v) is 5.23. The number of carboxylic acids is 1. The molecule has 2 rings (SSSR count). The van der Waals surface area contributed by atoms with Crippen LogP contribution in [0.5, 0.6) is 0 Å². The molecule has 2 N–H and O–H groups in total. The van der Waals surface area contributed by atoms with Crippen LogP contribution in [-0.4, -0.2) is 51.3 Å². The number of hydrogen-bond acceptors (Lipinski definition) is 5. The molecular weight excluding hydrogens is 288 g/mol. The van der Waals surface area contributed by atoms with Gasteiger partial charge in [-0.1, -0.05) is 16.8 Å². The molecule has 1 saturated heterocycles. The SMILES string of the molecule is O=C(O)C[C@@H]1CN(C(=O)CCc2cc(Cl)no2)C[C@H]1O. The average molecular weight is 303 g/mol. The Balaban J connectivity index is 1.83. The van der Waals surface area contributed by atoms with Crippen molar-refractivity contribution in [2.45, 2.75) is 25.4 Å². The van der Waals surface area contributed by atoms with Crippen LogP contribution in [0.4, 0.5) is 0 Å². The molecule has 0 bridgehead atoms. The van der Waals surface area contributed by atoms with Crippen molar-refractivity contribution in [3.05, 3.63) is 17.0 Å². The summed E-state index contributed by atoms with van der Waals surface area (Å²) in [5.74, 6) is -1.01. The molecule has 0 unspecified atom stereocenters. The second kappa shape index (κ2) is 6.23. The monoisotopic (exact) mass is 302 g/mol. The zero-order valence-electron chi connectivity index (χ0n) is 10.7. The van der Waals surface area contributed by atoms with Gasteiger partial charge < -0.3 is 19.6 Å². The van der Waals surface area contributed by atoms with Crippen LogP contribution >= 0.6 is 11.6 Å². The first kappa shape index (κ1) is 14.8. The number of amides is 1. The van der Waals surface area contributed by atoms with Crippen molar-refractivity contribution in [3.63, 3.8) is 0 Å². The Morgan fingerprint density at radius 2 is 2.25 bits per heavy atom. The molecule has 1 aliphatic heterocycles. The molecule has 1 fully saturated rings. The van der Waals surface area contributed by atoms with Gasteiger partial charge in [0.05, 0.1) is 12.5 Å². The van der Waals surface area contributed by atoms with E-state index in [1.165, 1.54) is 4.90 Å². The zero-order chi connectivity index (χ0) is 14.7. The predicted octanol–water partition coefficient (Wildman–Crippen LogP) is 0.555. The second-order valence-electron chi connectivity index (χ2n) is 4.84. The van der Waals surface area contributed by atoms with Crippen LogP contribution in [0, 0.1) is 5.92 Å². The highest BCUT2D eigenvalue weighted by atomic mass is 35.5. The molecule has 110 valence electrons. The highest BCUT2D eigenvalue weighted by molar-refractivity contribution is 6.29. The van der Waals surface area contributed by atoms with Gasteiger partial charge in [0.25, 0.3) is 0 Å². The van der Waals surface area contributed by atoms with Crippen LogP contribution in [0.1, 0.15) is 18.6 Å². The van der Waals surface area contributed by atoms with E-state index in [0.717, 1.165) is 0 Å². The van der Waals surface area contributed by atoms with E-state index in [4.69, 9.17) is 21.2 Å². The fraction of sp³-hybridized carbons (Fsp3) is 0.583. The standard InChI is InChI=1S/C12H15ClN2O5/c13-10-4-8(20-14-10)1-2-11(17)15-5-7(3-12(18)19)9(16)6-15/h4,7,9,16H,1-3,5-6H2,(H,18,19)/t7-,9-/m1/s1. The number of carbonyl (C=O) groups excluding carboxylic acids is 1. The minimum Gasteiger partial charge on any atom is -0.481 e. The van der Waals surface area contributed by atoms with Gasteiger partial charge in [0.15, 0.2) is 5.15 Å². The maximum absolute atomic E-state index is 12.0. The number of likely N-dealkylation sites (tertiary alicyclic amines) is 1. The van der Waals surface area contributed by atoms with Gasteiger partial charge in [-0.25, -0.2) is 0 Å². The van der Waals surface area contributed by atoms with E-state index >= 15 is 0 Å². The van der Waals surface area contributed by atoms with Crippen molar-refractivity contribution in [1.29, 1.82) is 0 Å². The van der Waals surface area contributed by atoms with Gasteiger partial charge in [-0.05, 0) is 0 Å². The van der Waals surface area contributed by atoms with Crippen LogP contribution < -0.4 is 0 Å². The highest BCUT2D eigenvalue weighted by Crippen LogP contribution is 2.21. The van der Waals surface area contributed by atoms with Crippen molar-refractivity contribution < 1.29 is 24.3 Å². The van der Waals surface area contributed by atoms with Crippen molar-refractivity contribution in [1.82, 2.24) is 10.1 Å². The van der Waals surface area contributed by atoms with Crippen molar-refractivity contribution in [2.24, 2.45) is 5.92 Å². The number of halogens is 1. The third kappa shape index (κ3) is 3.71. The number of nitrogens with zero attached hydrogens (tertiary/aromatic N) is 2. The minimum atomic E-state index is -0.973. The number of β-amino-alcohol motifs (C(OH)–C–C–N with tert-alkyl or cyclic N) is 1. The number of aliphatic hydroxyl groups excluding tert-OH is 1. The highest BCUT2D eigenvalue weighted by Gasteiger charge is 2.34. The molecule has 20 heavy (non-hydrogen) atoms. The molecule has 2 atom stereocenters. The summed E-state index contributed by atoms with van der Waals surface area (Å²) in [6.07, 6.45) is -0.343. The Bertz CT molecular complexity index is 504. The average Bonchev–Trinajstić information content (AvgIpc) is 2.93. The molecule has 1 aromatic heterocycles. The van der Waals surface area contributed by atoms with Crippen LogP contribution in [0.15, 0.2) is 10.6 Å². The first-order valence-corrected chi connectivity index (χ1v) is 6.62. The first-order chi connectivity index (χ1) is 9.45. The number of aromatic nitrogens is 1. The van der Waals surface area contributed by atoms with Crippen molar-refractivity contribution >= 4 is 23.5 Å². The number of carbonyl (C=O) groups is 2. The Morgan fingerprint density at radius 1 is 1.50 bits per heavy atom. The van der Waals surface area contributed by atoms with E-state index in [-0.39, 0.29) is 37.0 Å². The van der Waals surface area contributed by atoms with E-state index in [9.17, 15) is 14.7 Å². The molecular formula is C12H15ClN2O5. The molecule has 8 heteroatoms. The van der Waals surface area contributed by atoms with Gasteiger partial charge in [-0.15, -0.1) is 0 Å². The molecule has 0 aromatic carbocycles. The number of aryl methyl sites for hydroxylation is 1. The largest absolute Gasteiger partial charge is 0.481 e. The predicted molar refractivity (Wildman–Crippen MR) is 68.2 cm³/mol. The van der Waals surface area contributed by atoms with E-state index in [1.54, 1.807) is 6.07 Å². The minimum absolute atomic E-state index is 0.136. The van der Waals surface area contributed by atoms with E-state index in [2.05, 4.69) is 5.16 Å². The molecule has 2 heterocycles. The van der Waals surface area contributed by atoms with Gasteiger partial charge in [0, 0.05) is 37.9 Å². The summed E-state index contributed by atoms with van der Waals surface area (Å²) in [5, 5.41) is 22.2. The summed E-state index contributed by atoms with van der Waals surface area (Å²) in [6, 6.07) is 1.54. The van der Waals surface area contributed by atoms with Crippen molar-refractivity contribution in [2.75, 3.05) is 13.1 Å². The summed E-state index contributed by atoms with van der Waals surface area (Å²) in [6.45, 7) is 0.442. The Kier molecular flexibility index (Phi) is 4.61. The third-order valence-corrected chi connectivity index (χ3v) is 3.49. The van der Waals surface area contributed by atoms with Crippen molar-refractivity contribution in [3.8, 4) is 0 Å². The number of rotatable bonds is 5.